The largest absolute Gasteiger partial charge is 0.314 e. The molecule has 3 heteroatoms. The van der Waals surface area contributed by atoms with E-state index < -0.39 is 0 Å². The van der Waals surface area contributed by atoms with Crippen LogP contribution in [0, 0.1) is 0 Å². The molecule has 1 unspecified atom stereocenters. The number of fused-ring (bicyclic) bond motifs is 3. The van der Waals surface area contributed by atoms with E-state index in [9.17, 15) is 0 Å². The van der Waals surface area contributed by atoms with Gasteiger partial charge < -0.3 is 14.7 Å². The number of hydrogen-bond acceptors (Lipinski definition) is 3. The molecule has 0 radical (unpaired) electrons. The standard InChI is InChI=1S/C70H57N3/c1-4-16-53(17-5-1)48-60(61-33-32-54-18-10-13-21-57(54)49-61)31-28-52-29-36-64(37-30-52)71(65-40-44-67(45-41-65)72(62-24-6-2-7-25-62)69-38-34-55-19-11-14-22-58(55)50-69)66-42-46-68(47-43-66)73(63-26-8-3-9-27-63)70-39-35-56-20-12-15-23-59(56)51-70/h1-27,29-30,32-42,44-46,49-51,60H,28,31,43,47-48H2. The molecule has 73 heavy (non-hydrogen) atoms. The summed E-state index contributed by atoms with van der Waals surface area (Å²) in [5, 5.41) is 7.52. The van der Waals surface area contributed by atoms with Crippen molar-refractivity contribution in [2.45, 2.75) is 38.0 Å². The average Bonchev–Trinajstić information content (AvgIpc) is 3.46. The summed E-state index contributed by atoms with van der Waals surface area (Å²) in [4.78, 5) is 7.26. The molecule has 0 N–H and O–H groups in total. The van der Waals surface area contributed by atoms with Crippen molar-refractivity contribution in [3.8, 4) is 0 Å². The fraction of sp³-hybridized carbons (Fsp3) is 0.0857. The van der Waals surface area contributed by atoms with Crippen LogP contribution in [0.15, 0.2) is 290 Å². The zero-order valence-corrected chi connectivity index (χ0v) is 41.0. The molecule has 1 aliphatic rings. The summed E-state index contributed by atoms with van der Waals surface area (Å²) in [6.07, 6.45) is 9.49. The molecule has 0 saturated carbocycles. The summed E-state index contributed by atoms with van der Waals surface area (Å²) in [6, 6.07) is 97.6. The van der Waals surface area contributed by atoms with E-state index in [1.54, 1.807) is 0 Å². The fourth-order valence-corrected chi connectivity index (χ4v) is 10.8. The van der Waals surface area contributed by atoms with E-state index in [0.717, 1.165) is 71.9 Å². The Labute approximate surface area is 429 Å². The van der Waals surface area contributed by atoms with Crippen LogP contribution in [0.4, 0.5) is 39.8 Å². The molecule has 12 rings (SSSR count). The van der Waals surface area contributed by atoms with Crippen LogP contribution in [0.5, 0.6) is 0 Å². The van der Waals surface area contributed by atoms with Crippen molar-refractivity contribution in [3.05, 3.63) is 307 Å². The van der Waals surface area contributed by atoms with Crippen LogP contribution in [0.1, 0.15) is 41.9 Å². The third kappa shape index (κ3) is 9.91. The third-order valence-corrected chi connectivity index (χ3v) is 14.6. The second-order valence-corrected chi connectivity index (χ2v) is 19.3. The maximum atomic E-state index is 2.47. The van der Waals surface area contributed by atoms with Crippen molar-refractivity contribution in [1.82, 2.24) is 0 Å². The molecule has 0 fully saturated rings. The van der Waals surface area contributed by atoms with Crippen molar-refractivity contribution >= 4 is 72.1 Å². The predicted molar refractivity (Wildman–Crippen MR) is 310 cm³/mol. The highest BCUT2D eigenvalue weighted by atomic mass is 15.2. The zero-order chi connectivity index (χ0) is 48.8. The lowest BCUT2D eigenvalue weighted by atomic mass is 9.86. The Kier molecular flexibility index (Phi) is 12.9. The summed E-state index contributed by atoms with van der Waals surface area (Å²) >= 11 is 0. The molecule has 3 nitrogen and oxygen atoms in total. The summed E-state index contributed by atoms with van der Waals surface area (Å²) < 4.78 is 0. The van der Waals surface area contributed by atoms with Gasteiger partial charge in [0.05, 0.1) is 0 Å². The summed E-state index contributed by atoms with van der Waals surface area (Å²) in [5.41, 5.74) is 14.6. The molecule has 11 aromatic rings. The molecule has 0 spiro atoms. The monoisotopic (exact) mass is 939 g/mol. The van der Waals surface area contributed by atoms with Gasteiger partial charge in [-0.15, -0.1) is 0 Å². The van der Waals surface area contributed by atoms with Gasteiger partial charge in [0.1, 0.15) is 0 Å². The topological polar surface area (TPSA) is 9.72 Å². The van der Waals surface area contributed by atoms with Gasteiger partial charge in [-0.05, 0) is 184 Å². The molecular weight excluding hydrogens is 883 g/mol. The van der Waals surface area contributed by atoms with Crippen LogP contribution < -0.4 is 14.7 Å². The van der Waals surface area contributed by atoms with Crippen LogP contribution >= 0.6 is 0 Å². The third-order valence-electron chi connectivity index (χ3n) is 14.6. The van der Waals surface area contributed by atoms with Crippen LogP contribution in [0.25, 0.3) is 32.3 Å². The van der Waals surface area contributed by atoms with Crippen molar-refractivity contribution in [2.75, 3.05) is 14.7 Å². The molecule has 0 aromatic heterocycles. The molecule has 1 atom stereocenters. The van der Waals surface area contributed by atoms with E-state index in [4.69, 9.17) is 0 Å². The molecule has 11 aromatic carbocycles. The van der Waals surface area contributed by atoms with E-state index in [1.165, 1.54) is 60.4 Å². The molecular formula is C70H57N3. The Morgan fingerprint density at radius 3 is 1.18 bits per heavy atom. The van der Waals surface area contributed by atoms with Crippen molar-refractivity contribution in [3.63, 3.8) is 0 Å². The number of hydrogen-bond donors (Lipinski definition) is 0. The molecule has 0 amide bonds. The molecule has 352 valence electrons. The Morgan fingerprint density at radius 2 is 0.658 bits per heavy atom. The lowest BCUT2D eigenvalue weighted by Crippen LogP contribution is -2.22. The van der Waals surface area contributed by atoms with Crippen LogP contribution in [0.3, 0.4) is 0 Å². The lowest BCUT2D eigenvalue weighted by Gasteiger charge is -2.34. The Bertz CT molecular complexity index is 3710. The average molecular weight is 940 g/mol. The first kappa shape index (κ1) is 45.2. The summed E-state index contributed by atoms with van der Waals surface area (Å²) in [5.74, 6) is 0.394. The Balaban J connectivity index is 0.894. The van der Waals surface area contributed by atoms with Gasteiger partial charge in [-0.2, -0.15) is 0 Å². The first-order valence-corrected chi connectivity index (χ1v) is 25.8. The highest BCUT2D eigenvalue weighted by Crippen LogP contribution is 2.42. The van der Waals surface area contributed by atoms with Gasteiger partial charge in [0.15, 0.2) is 0 Å². The number of aryl methyl sites for hydroxylation is 1. The number of rotatable bonds is 15. The number of benzene rings is 11. The molecule has 0 saturated heterocycles. The second kappa shape index (κ2) is 20.8. The van der Waals surface area contributed by atoms with Crippen LogP contribution in [0.2, 0.25) is 0 Å². The molecule has 1 aliphatic carbocycles. The van der Waals surface area contributed by atoms with Crippen molar-refractivity contribution < 1.29 is 0 Å². The maximum absolute atomic E-state index is 2.47. The van der Waals surface area contributed by atoms with Crippen LogP contribution in [-0.2, 0) is 12.8 Å². The second-order valence-electron chi connectivity index (χ2n) is 19.3. The van der Waals surface area contributed by atoms with E-state index in [1.807, 2.05) is 0 Å². The van der Waals surface area contributed by atoms with Gasteiger partial charge in [-0.1, -0.05) is 182 Å². The van der Waals surface area contributed by atoms with Crippen LogP contribution in [-0.4, -0.2) is 0 Å². The van der Waals surface area contributed by atoms with E-state index in [2.05, 4.69) is 294 Å². The van der Waals surface area contributed by atoms with Gasteiger partial charge in [-0.25, -0.2) is 0 Å². The summed E-state index contributed by atoms with van der Waals surface area (Å²) in [7, 11) is 0. The number of allylic oxidation sites excluding steroid dienone is 4. The molecule has 0 heterocycles. The van der Waals surface area contributed by atoms with Crippen molar-refractivity contribution in [2.24, 2.45) is 0 Å². The normalized spacial score (nSPS) is 12.8. The maximum Gasteiger partial charge on any atom is 0.0468 e. The number of anilines is 7. The van der Waals surface area contributed by atoms with Gasteiger partial charge in [0, 0.05) is 51.2 Å². The number of nitrogens with zero attached hydrogens (tertiary/aromatic N) is 3. The van der Waals surface area contributed by atoms with E-state index in [-0.39, 0.29) is 0 Å². The Morgan fingerprint density at radius 1 is 0.288 bits per heavy atom. The zero-order valence-electron chi connectivity index (χ0n) is 41.0. The lowest BCUT2D eigenvalue weighted by molar-refractivity contribution is 0.622. The minimum atomic E-state index is 0.394. The first-order chi connectivity index (χ1) is 36.2. The van der Waals surface area contributed by atoms with Gasteiger partial charge in [0.25, 0.3) is 0 Å². The van der Waals surface area contributed by atoms with Gasteiger partial charge in [-0.3, -0.25) is 0 Å². The summed E-state index contributed by atoms with van der Waals surface area (Å²) in [6.45, 7) is 0. The van der Waals surface area contributed by atoms with E-state index in [0.29, 0.717) is 5.92 Å². The number of para-hydroxylation sites is 2. The first-order valence-electron chi connectivity index (χ1n) is 25.8. The minimum Gasteiger partial charge on any atom is -0.314 e. The quantitative estimate of drug-likeness (QED) is 0.101. The fourth-order valence-electron chi connectivity index (χ4n) is 10.8. The highest BCUT2D eigenvalue weighted by Gasteiger charge is 2.23. The molecule has 0 aliphatic heterocycles. The van der Waals surface area contributed by atoms with Crippen molar-refractivity contribution in [1.29, 1.82) is 0 Å². The smallest absolute Gasteiger partial charge is 0.0468 e. The predicted octanol–water partition coefficient (Wildman–Crippen LogP) is 19.1. The van der Waals surface area contributed by atoms with Gasteiger partial charge in [0.2, 0.25) is 0 Å². The SMILES string of the molecule is C1=C(N(c2ccc(CCC(Cc3ccccc3)c3ccc4ccccc4c3)cc2)c2ccc(N(c3ccccc3)c3ccc4ccccc4c3)cc2)CCC(N(c2ccccc2)c2ccc3ccccc3c2)=C1. The van der Waals surface area contributed by atoms with E-state index >= 15 is 0 Å². The Hall–Kier alpha value is -8.92. The van der Waals surface area contributed by atoms with Gasteiger partial charge >= 0.3 is 0 Å². The minimum absolute atomic E-state index is 0.394. The highest BCUT2D eigenvalue weighted by molar-refractivity contribution is 5.90. The molecule has 0 bridgehead atoms.